The molecule has 0 aliphatic carbocycles. The van der Waals surface area contributed by atoms with E-state index >= 15 is 0 Å². The number of nitrogens with two attached hydrogens (primary N) is 1. The highest BCUT2D eigenvalue weighted by Crippen LogP contribution is 2.36. The van der Waals surface area contributed by atoms with Crippen molar-refractivity contribution in [1.29, 1.82) is 0 Å². The molecule has 0 aliphatic heterocycles. The van der Waals surface area contributed by atoms with Crippen LogP contribution in [0.5, 0.6) is 0 Å². The van der Waals surface area contributed by atoms with Crippen molar-refractivity contribution < 1.29 is 4.39 Å². The second kappa shape index (κ2) is 5.05. The van der Waals surface area contributed by atoms with Crippen LogP contribution in [0.4, 0.5) is 10.2 Å². The first-order valence-electron chi connectivity index (χ1n) is 6.71. The van der Waals surface area contributed by atoms with Crippen molar-refractivity contribution in [3.8, 4) is 22.4 Å². The minimum Gasteiger partial charge on any atom is -0.383 e. The van der Waals surface area contributed by atoms with Crippen molar-refractivity contribution in [2.45, 2.75) is 6.92 Å². The molecule has 0 atom stereocenters. The van der Waals surface area contributed by atoms with E-state index in [0.717, 1.165) is 16.7 Å². The zero-order chi connectivity index (χ0) is 15.0. The summed E-state index contributed by atoms with van der Waals surface area (Å²) < 4.78 is 15.1. The number of aryl methyl sites for hydroxylation is 2. The molecule has 0 unspecified atom stereocenters. The summed E-state index contributed by atoms with van der Waals surface area (Å²) in [4.78, 5) is 0. The maximum absolute atomic E-state index is 13.5. The van der Waals surface area contributed by atoms with Gasteiger partial charge in [0.2, 0.25) is 0 Å². The number of halogens is 1. The summed E-state index contributed by atoms with van der Waals surface area (Å²) in [6.07, 6.45) is 0. The Morgan fingerprint density at radius 2 is 1.76 bits per heavy atom. The van der Waals surface area contributed by atoms with Gasteiger partial charge in [-0.3, -0.25) is 4.68 Å². The van der Waals surface area contributed by atoms with Gasteiger partial charge in [-0.25, -0.2) is 4.39 Å². The van der Waals surface area contributed by atoms with Gasteiger partial charge >= 0.3 is 0 Å². The standard InChI is InChI=1S/C17H16FN3/c1-11-6-8-12(9-7-11)15-16(20-21(2)17(15)19)13-4-3-5-14(18)10-13/h3-10H,19H2,1-2H3. The summed E-state index contributed by atoms with van der Waals surface area (Å²) in [6.45, 7) is 2.03. The zero-order valence-corrected chi connectivity index (χ0v) is 12.0. The van der Waals surface area contributed by atoms with E-state index < -0.39 is 0 Å². The molecule has 106 valence electrons. The molecule has 3 aromatic rings. The molecule has 21 heavy (non-hydrogen) atoms. The monoisotopic (exact) mass is 281 g/mol. The van der Waals surface area contributed by atoms with Gasteiger partial charge in [0.1, 0.15) is 17.3 Å². The lowest BCUT2D eigenvalue weighted by Gasteiger charge is -2.05. The predicted molar refractivity (Wildman–Crippen MR) is 83.2 cm³/mol. The van der Waals surface area contributed by atoms with Crippen molar-refractivity contribution in [1.82, 2.24) is 9.78 Å². The van der Waals surface area contributed by atoms with Gasteiger partial charge in [0.15, 0.2) is 0 Å². The quantitative estimate of drug-likeness (QED) is 0.776. The molecule has 2 N–H and O–H groups in total. The average molecular weight is 281 g/mol. The van der Waals surface area contributed by atoms with Crippen LogP contribution in [-0.4, -0.2) is 9.78 Å². The fourth-order valence-corrected chi connectivity index (χ4v) is 2.38. The van der Waals surface area contributed by atoms with Gasteiger partial charge < -0.3 is 5.73 Å². The number of anilines is 1. The summed E-state index contributed by atoms with van der Waals surface area (Å²) in [7, 11) is 1.79. The summed E-state index contributed by atoms with van der Waals surface area (Å²) in [5.41, 5.74) is 10.6. The van der Waals surface area contributed by atoms with Gasteiger partial charge in [-0.1, -0.05) is 42.0 Å². The number of hydrogen-bond acceptors (Lipinski definition) is 2. The van der Waals surface area contributed by atoms with Crippen molar-refractivity contribution in [2.75, 3.05) is 5.73 Å². The third kappa shape index (κ3) is 2.40. The molecule has 3 nitrogen and oxygen atoms in total. The molecular weight excluding hydrogens is 265 g/mol. The van der Waals surface area contributed by atoms with Crippen molar-refractivity contribution in [3.05, 3.63) is 59.9 Å². The van der Waals surface area contributed by atoms with E-state index in [-0.39, 0.29) is 5.82 Å². The Kier molecular flexibility index (Phi) is 3.22. The van der Waals surface area contributed by atoms with Gasteiger partial charge in [0, 0.05) is 12.6 Å². The lowest BCUT2D eigenvalue weighted by atomic mass is 10.00. The molecule has 0 bridgehead atoms. The van der Waals surface area contributed by atoms with Gasteiger partial charge in [-0.2, -0.15) is 5.10 Å². The van der Waals surface area contributed by atoms with Crippen molar-refractivity contribution in [3.63, 3.8) is 0 Å². The number of aromatic nitrogens is 2. The number of nitrogen functional groups attached to an aromatic ring is 1. The zero-order valence-electron chi connectivity index (χ0n) is 12.0. The van der Waals surface area contributed by atoms with Gasteiger partial charge in [0.25, 0.3) is 0 Å². The lowest BCUT2D eigenvalue weighted by Crippen LogP contribution is -1.97. The second-order valence-corrected chi connectivity index (χ2v) is 5.11. The SMILES string of the molecule is Cc1ccc(-c2c(-c3cccc(F)c3)nn(C)c2N)cc1. The first-order chi connectivity index (χ1) is 10.1. The molecule has 0 radical (unpaired) electrons. The van der Waals surface area contributed by atoms with Crippen molar-refractivity contribution in [2.24, 2.45) is 7.05 Å². The lowest BCUT2D eigenvalue weighted by molar-refractivity contribution is 0.628. The Morgan fingerprint density at radius 1 is 1.05 bits per heavy atom. The molecule has 3 rings (SSSR count). The van der Waals surface area contributed by atoms with Crippen LogP contribution in [0.3, 0.4) is 0 Å². The topological polar surface area (TPSA) is 43.8 Å². The maximum Gasteiger partial charge on any atom is 0.129 e. The van der Waals surface area contributed by atoms with Crippen LogP contribution in [0.15, 0.2) is 48.5 Å². The Morgan fingerprint density at radius 3 is 2.43 bits per heavy atom. The Labute approximate surface area is 122 Å². The highest BCUT2D eigenvalue weighted by molar-refractivity contribution is 5.88. The van der Waals surface area contributed by atoms with Crippen LogP contribution in [0.2, 0.25) is 0 Å². The summed E-state index contributed by atoms with van der Waals surface area (Å²) in [5, 5.41) is 4.45. The van der Waals surface area contributed by atoms with Crippen LogP contribution in [0.25, 0.3) is 22.4 Å². The molecule has 0 aliphatic rings. The number of nitrogens with zero attached hydrogens (tertiary/aromatic N) is 2. The Bertz CT molecular complexity index is 788. The molecule has 1 heterocycles. The van der Waals surface area contributed by atoms with Gasteiger partial charge in [0.05, 0.1) is 5.56 Å². The molecule has 0 spiro atoms. The third-order valence-corrected chi connectivity index (χ3v) is 3.53. The maximum atomic E-state index is 13.5. The van der Waals surface area contributed by atoms with E-state index in [2.05, 4.69) is 5.10 Å². The number of hydrogen-bond donors (Lipinski definition) is 1. The van der Waals surface area contributed by atoms with Crippen LogP contribution in [0.1, 0.15) is 5.56 Å². The number of benzene rings is 2. The molecule has 0 fully saturated rings. The van der Waals surface area contributed by atoms with E-state index in [4.69, 9.17) is 5.73 Å². The van der Waals surface area contributed by atoms with Gasteiger partial charge in [-0.15, -0.1) is 0 Å². The number of rotatable bonds is 2. The van der Waals surface area contributed by atoms with Crippen LogP contribution < -0.4 is 5.73 Å². The molecule has 4 heteroatoms. The normalized spacial score (nSPS) is 10.8. The van der Waals surface area contributed by atoms with E-state index in [0.29, 0.717) is 11.5 Å². The molecule has 0 saturated carbocycles. The van der Waals surface area contributed by atoms with Crippen LogP contribution >= 0.6 is 0 Å². The minimum atomic E-state index is -0.286. The van der Waals surface area contributed by atoms with E-state index in [1.807, 2.05) is 37.3 Å². The first-order valence-corrected chi connectivity index (χ1v) is 6.71. The molecular formula is C17H16FN3. The molecule has 2 aromatic carbocycles. The largest absolute Gasteiger partial charge is 0.383 e. The fourth-order valence-electron chi connectivity index (χ4n) is 2.38. The summed E-state index contributed by atoms with van der Waals surface area (Å²) in [5.74, 6) is 0.282. The third-order valence-electron chi connectivity index (χ3n) is 3.53. The van der Waals surface area contributed by atoms with Crippen molar-refractivity contribution >= 4 is 5.82 Å². The van der Waals surface area contributed by atoms with Crippen LogP contribution in [-0.2, 0) is 7.05 Å². The predicted octanol–water partition coefficient (Wildman–Crippen LogP) is 3.78. The Balaban J connectivity index is 2.23. The average Bonchev–Trinajstić information content (AvgIpc) is 2.76. The van der Waals surface area contributed by atoms with E-state index in [9.17, 15) is 4.39 Å². The van der Waals surface area contributed by atoms with E-state index in [1.54, 1.807) is 17.8 Å². The molecule has 0 amide bonds. The fraction of sp³-hybridized carbons (Fsp3) is 0.118. The summed E-state index contributed by atoms with van der Waals surface area (Å²) in [6, 6.07) is 14.5. The van der Waals surface area contributed by atoms with Gasteiger partial charge in [-0.05, 0) is 24.6 Å². The Hall–Kier alpha value is -2.62. The second-order valence-electron chi connectivity index (χ2n) is 5.11. The smallest absolute Gasteiger partial charge is 0.129 e. The minimum absolute atomic E-state index is 0.286. The molecule has 0 saturated heterocycles. The van der Waals surface area contributed by atoms with Crippen LogP contribution in [0, 0.1) is 12.7 Å². The highest BCUT2D eigenvalue weighted by Gasteiger charge is 2.17. The highest BCUT2D eigenvalue weighted by atomic mass is 19.1. The van der Waals surface area contributed by atoms with E-state index in [1.165, 1.54) is 17.7 Å². The first kappa shape index (κ1) is 13.4. The molecule has 1 aromatic heterocycles. The summed E-state index contributed by atoms with van der Waals surface area (Å²) >= 11 is 0.